The van der Waals surface area contributed by atoms with Crippen LogP contribution in [0.1, 0.15) is 18.7 Å². The van der Waals surface area contributed by atoms with Crippen molar-refractivity contribution >= 4 is 21.8 Å². The summed E-state index contributed by atoms with van der Waals surface area (Å²) in [5, 5.41) is 6.68. The third-order valence-electron chi connectivity index (χ3n) is 1.98. The Morgan fingerprint density at radius 1 is 1.77 bits per heavy atom. The average Bonchev–Trinajstić information content (AvgIpc) is 2.45. The fraction of sp³-hybridized carbons (Fsp3) is 0.500. The molecule has 1 amide bonds. The smallest absolute Gasteiger partial charge is 0.244 e. The lowest BCUT2D eigenvalue weighted by Gasteiger charge is -2.12. The molecule has 1 aromatic heterocycles. The maximum atomic E-state index is 11.3. The number of likely N-dealkylation sites (N-methyl/N-ethyl adjacent to an activating group) is 1. The van der Waals surface area contributed by atoms with Crippen molar-refractivity contribution in [1.82, 2.24) is 15.1 Å². The Labute approximate surface area is 85.4 Å². The van der Waals surface area contributed by atoms with Gasteiger partial charge >= 0.3 is 0 Å². The molecule has 5 heteroatoms. The Bertz CT molecular complexity index is 321. The van der Waals surface area contributed by atoms with Crippen molar-refractivity contribution in [1.29, 1.82) is 0 Å². The first-order chi connectivity index (χ1) is 6.07. The van der Waals surface area contributed by atoms with Crippen LogP contribution in [-0.4, -0.2) is 22.7 Å². The van der Waals surface area contributed by atoms with E-state index < -0.39 is 0 Å². The maximum absolute atomic E-state index is 11.3. The predicted octanol–water partition coefficient (Wildman–Crippen LogP) is 1.26. The Balaban J connectivity index is 2.95. The van der Waals surface area contributed by atoms with Gasteiger partial charge in [0.25, 0.3) is 0 Å². The first kappa shape index (κ1) is 10.2. The fourth-order valence-electron chi connectivity index (χ4n) is 1.11. The molecule has 1 unspecified atom stereocenters. The summed E-state index contributed by atoms with van der Waals surface area (Å²) in [6, 6.07) is -0.267. The fourth-order valence-corrected chi connectivity index (χ4v) is 1.39. The van der Waals surface area contributed by atoms with Crippen LogP contribution in [0, 0.1) is 6.92 Å². The van der Waals surface area contributed by atoms with Gasteiger partial charge in [-0.25, -0.2) is 0 Å². The van der Waals surface area contributed by atoms with Crippen molar-refractivity contribution in [3.05, 3.63) is 16.4 Å². The third-order valence-corrected chi connectivity index (χ3v) is 2.76. The lowest BCUT2D eigenvalue weighted by Crippen LogP contribution is -2.28. The number of halogens is 1. The summed E-state index contributed by atoms with van der Waals surface area (Å²) in [7, 11) is 1.62. The van der Waals surface area contributed by atoms with Crippen LogP contribution in [0.15, 0.2) is 10.7 Å². The van der Waals surface area contributed by atoms with Crippen LogP contribution >= 0.6 is 15.9 Å². The van der Waals surface area contributed by atoms with Crippen LogP contribution in [-0.2, 0) is 4.79 Å². The first-order valence-corrected chi connectivity index (χ1v) is 4.78. The second kappa shape index (κ2) is 3.91. The second-order valence-electron chi connectivity index (χ2n) is 2.81. The molecule has 0 spiro atoms. The van der Waals surface area contributed by atoms with Crippen LogP contribution in [0.4, 0.5) is 0 Å². The second-order valence-corrected chi connectivity index (χ2v) is 3.67. The van der Waals surface area contributed by atoms with Crippen molar-refractivity contribution in [3.63, 3.8) is 0 Å². The molecule has 0 aliphatic carbocycles. The van der Waals surface area contributed by atoms with E-state index in [-0.39, 0.29) is 11.9 Å². The zero-order valence-corrected chi connectivity index (χ0v) is 9.42. The number of carbonyl (C=O) groups is 1. The van der Waals surface area contributed by atoms with E-state index in [0.717, 1.165) is 10.2 Å². The molecule has 13 heavy (non-hydrogen) atoms. The van der Waals surface area contributed by atoms with Gasteiger partial charge in [0, 0.05) is 7.05 Å². The van der Waals surface area contributed by atoms with Gasteiger partial charge in [-0.1, -0.05) is 0 Å². The lowest BCUT2D eigenvalue weighted by molar-refractivity contribution is -0.123. The summed E-state index contributed by atoms with van der Waals surface area (Å²) < 4.78 is 2.60. The maximum Gasteiger partial charge on any atom is 0.244 e. The number of hydrogen-bond acceptors (Lipinski definition) is 2. The topological polar surface area (TPSA) is 46.9 Å². The summed E-state index contributed by atoms with van der Waals surface area (Å²) in [5.74, 6) is -0.0429. The molecule has 1 N–H and O–H groups in total. The number of nitrogens with one attached hydrogen (secondary N) is 1. The van der Waals surface area contributed by atoms with Crippen molar-refractivity contribution in [3.8, 4) is 0 Å². The minimum absolute atomic E-state index is 0.0429. The molecule has 0 radical (unpaired) electrons. The van der Waals surface area contributed by atoms with Crippen molar-refractivity contribution < 1.29 is 4.79 Å². The molecule has 4 nitrogen and oxygen atoms in total. The Kier molecular flexibility index (Phi) is 3.08. The highest BCUT2D eigenvalue weighted by Gasteiger charge is 2.16. The molecular weight excluding hydrogens is 234 g/mol. The quantitative estimate of drug-likeness (QED) is 0.853. The highest BCUT2D eigenvalue weighted by Crippen LogP contribution is 2.18. The Hall–Kier alpha value is -0.840. The van der Waals surface area contributed by atoms with E-state index in [2.05, 4.69) is 26.3 Å². The highest BCUT2D eigenvalue weighted by molar-refractivity contribution is 9.10. The molecule has 0 saturated carbocycles. The van der Waals surface area contributed by atoms with Crippen LogP contribution in [0.5, 0.6) is 0 Å². The van der Waals surface area contributed by atoms with Gasteiger partial charge < -0.3 is 5.32 Å². The van der Waals surface area contributed by atoms with Crippen LogP contribution < -0.4 is 5.32 Å². The van der Waals surface area contributed by atoms with Crippen LogP contribution in [0.2, 0.25) is 0 Å². The van der Waals surface area contributed by atoms with E-state index in [1.54, 1.807) is 17.9 Å². The summed E-state index contributed by atoms with van der Waals surface area (Å²) in [5.41, 5.74) is 0.955. The van der Waals surface area contributed by atoms with Crippen LogP contribution in [0.25, 0.3) is 0 Å². The number of hydrogen-bond donors (Lipinski definition) is 1. The monoisotopic (exact) mass is 245 g/mol. The van der Waals surface area contributed by atoms with Crippen molar-refractivity contribution in [2.24, 2.45) is 0 Å². The van der Waals surface area contributed by atoms with Gasteiger partial charge in [-0.3, -0.25) is 9.48 Å². The zero-order chi connectivity index (χ0) is 10.0. The lowest BCUT2D eigenvalue weighted by atomic mass is 10.3. The molecule has 72 valence electrons. The van der Waals surface area contributed by atoms with E-state index >= 15 is 0 Å². The molecule has 0 aliphatic rings. The van der Waals surface area contributed by atoms with Gasteiger partial charge in [0.05, 0.1) is 16.4 Å². The standard InChI is InChI=1S/C8H12BrN3O/c1-5-7(9)4-11-12(5)6(2)8(13)10-3/h4,6H,1-3H3,(H,10,13). The Morgan fingerprint density at radius 2 is 2.38 bits per heavy atom. The molecule has 0 aromatic carbocycles. The largest absolute Gasteiger partial charge is 0.357 e. The van der Waals surface area contributed by atoms with Gasteiger partial charge in [-0.2, -0.15) is 5.10 Å². The summed E-state index contributed by atoms with van der Waals surface area (Å²) in [4.78, 5) is 11.3. The van der Waals surface area contributed by atoms with Gasteiger partial charge in [-0.15, -0.1) is 0 Å². The molecule has 1 aromatic rings. The molecule has 0 saturated heterocycles. The number of nitrogens with zero attached hydrogens (tertiary/aromatic N) is 2. The molecule has 0 fully saturated rings. The molecule has 1 heterocycles. The SMILES string of the molecule is CNC(=O)C(C)n1ncc(Br)c1C. The minimum Gasteiger partial charge on any atom is -0.357 e. The summed E-state index contributed by atoms with van der Waals surface area (Å²) in [6.07, 6.45) is 1.69. The van der Waals surface area contributed by atoms with Crippen molar-refractivity contribution in [2.75, 3.05) is 7.05 Å². The Morgan fingerprint density at radius 3 is 2.77 bits per heavy atom. The molecule has 0 bridgehead atoms. The molecule has 1 rings (SSSR count). The minimum atomic E-state index is -0.267. The van der Waals surface area contributed by atoms with Gasteiger partial charge in [0.1, 0.15) is 6.04 Å². The number of rotatable bonds is 2. The highest BCUT2D eigenvalue weighted by atomic mass is 79.9. The van der Waals surface area contributed by atoms with Crippen LogP contribution in [0.3, 0.4) is 0 Å². The molecule has 1 atom stereocenters. The van der Waals surface area contributed by atoms with Gasteiger partial charge in [-0.05, 0) is 29.8 Å². The summed E-state index contributed by atoms with van der Waals surface area (Å²) >= 11 is 3.34. The average molecular weight is 246 g/mol. The van der Waals surface area contributed by atoms with Crippen molar-refractivity contribution in [2.45, 2.75) is 19.9 Å². The summed E-state index contributed by atoms with van der Waals surface area (Å²) in [6.45, 7) is 3.72. The van der Waals surface area contributed by atoms with E-state index in [1.165, 1.54) is 0 Å². The zero-order valence-electron chi connectivity index (χ0n) is 7.84. The van der Waals surface area contributed by atoms with E-state index in [0.29, 0.717) is 0 Å². The van der Waals surface area contributed by atoms with E-state index in [9.17, 15) is 4.79 Å². The van der Waals surface area contributed by atoms with E-state index in [4.69, 9.17) is 0 Å². The van der Waals surface area contributed by atoms with Gasteiger partial charge in [0.2, 0.25) is 5.91 Å². The number of aromatic nitrogens is 2. The normalized spacial score (nSPS) is 12.6. The van der Waals surface area contributed by atoms with E-state index in [1.807, 2.05) is 13.8 Å². The predicted molar refractivity (Wildman–Crippen MR) is 53.4 cm³/mol. The van der Waals surface area contributed by atoms with Gasteiger partial charge in [0.15, 0.2) is 0 Å². The third kappa shape index (κ3) is 1.91. The number of carbonyl (C=O) groups excluding carboxylic acids is 1. The molecule has 0 aliphatic heterocycles. The molecular formula is C8H12BrN3O. The number of amides is 1. The first-order valence-electron chi connectivity index (χ1n) is 3.99.